The van der Waals surface area contributed by atoms with Crippen LogP contribution in [0, 0.1) is 6.92 Å². The highest BCUT2D eigenvalue weighted by molar-refractivity contribution is 7.54. The van der Waals surface area contributed by atoms with Gasteiger partial charge >= 0.3 is 19.6 Å². The molecule has 0 aromatic carbocycles. The van der Waals surface area contributed by atoms with Gasteiger partial charge in [0, 0.05) is 0 Å². The number of nitrogens with zero attached hydrogens (tertiary/aromatic N) is 4. The van der Waals surface area contributed by atoms with Crippen LogP contribution in [-0.2, 0) is 32.9 Å². The van der Waals surface area contributed by atoms with Crippen LogP contribution in [0.2, 0.25) is 0 Å². The molecule has 0 amide bonds. The third-order valence-electron chi connectivity index (χ3n) is 6.13. The Hall–Kier alpha value is -2.72. The van der Waals surface area contributed by atoms with Crippen LogP contribution >= 0.6 is 7.67 Å². The quantitative estimate of drug-likeness (QED) is 0.184. The SMILES string of the molecule is CCOC(=O)[C@H](C)NP(=O)(N[C@H](C)C(=O)OCC)OC[C@H]1O[C@@H](n2cnc3c(OC)nc(C)nc32)[C@@](C)(O)C1O. The number of carbonyl (C=O) groups excluding carboxylic acids is 2. The summed E-state index contributed by atoms with van der Waals surface area (Å²) in [6.07, 6.45) is -2.53. The molecule has 4 N–H and O–H groups in total. The molecule has 40 heavy (non-hydrogen) atoms. The second-order valence-electron chi connectivity index (χ2n) is 9.35. The van der Waals surface area contributed by atoms with Gasteiger partial charge in [0.15, 0.2) is 17.4 Å². The number of aromatic nitrogens is 4. The molecule has 0 saturated carbocycles. The van der Waals surface area contributed by atoms with Crippen molar-refractivity contribution in [1.82, 2.24) is 29.7 Å². The van der Waals surface area contributed by atoms with E-state index in [2.05, 4.69) is 25.1 Å². The van der Waals surface area contributed by atoms with Gasteiger partial charge in [0.2, 0.25) is 5.88 Å². The number of fused-ring (bicyclic) bond motifs is 1. The highest BCUT2D eigenvalue weighted by Gasteiger charge is 2.54. The van der Waals surface area contributed by atoms with Crippen molar-refractivity contribution in [2.24, 2.45) is 0 Å². The van der Waals surface area contributed by atoms with E-state index >= 15 is 0 Å². The Bertz CT molecular complexity index is 1230. The number of imidazole rings is 1. The summed E-state index contributed by atoms with van der Waals surface area (Å²) in [4.78, 5) is 37.2. The van der Waals surface area contributed by atoms with Crippen LogP contribution in [0.4, 0.5) is 0 Å². The number of aryl methyl sites for hydroxylation is 1. The summed E-state index contributed by atoms with van der Waals surface area (Å²) in [7, 11) is -2.74. The van der Waals surface area contributed by atoms with Crippen LogP contribution in [0.15, 0.2) is 6.33 Å². The Balaban J connectivity index is 1.84. The number of esters is 2. The predicted molar refractivity (Wildman–Crippen MR) is 139 cm³/mol. The molecule has 1 fully saturated rings. The lowest BCUT2D eigenvalue weighted by Crippen LogP contribution is -2.45. The number of hydrogen-bond donors (Lipinski definition) is 4. The van der Waals surface area contributed by atoms with Crippen LogP contribution in [0.1, 0.15) is 46.7 Å². The van der Waals surface area contributed by atoms with Gasteiger partial charge in [-0.1, -0.05) is 0 Å². The molecular formula is C23H37N6O10P. The Kier molecular flexibility index (Phi) is 10.2. The lowest BCUT2D eigenvalue weighted by Gasteiger charge is -2.28. The molecule has 1 saturated heterocycles. The second-order valence-corrected chi connectivity index (χ2v) is 11.2. The fraction of sp³-hybridized carbons (Fsp3) is 0.696. The molecule has 17 heteroatoms. The zero-order valence-electron chi connectivity index (χ0n) is 23.5. The topological polar surface area (TPSA) is 205 Å². The fourth-order valence-corrected chi connectivity index (χ4v) is 5.94. The van der Waals surface area contributed by atoms with Crippen molar-refractivity contribution in [2.45, 2.75) is 77.7 Å². The first-order valence-electron chi connectivity index (χ1n) is 12.7. The van der Waals surface area contributed by atoms with Gasteiger partial charge in [0.25, 0.3) is 0 Å². The normalized spacial score (nSPS) is 25.8. The minimum absolute atomic E-state index is 0.0977. The Morgan fingerprint density at radius 3 is 2.27 bits per heavy atom. The van der Waals surface area contributed by atoms with Crippen LogP contribution in [0.25, 0.3) is 11.2 Å². The minimum atomic E-state index is -4.17. The minimum Gasteiger partial charge on any atom is -0.479 e. The smallest absolute Gasteiger partial charge is 0.342 e. The zero-order chi connectivity index (χ0) is 29.8. The Morgan fingerprint density at radius 1 is 1.18 bits per heavy atom. The maximum atomic E-state index is 13.8. The third-order valence-corrected chi connectivity index (χ3v) is 8.10. The molecule has 3 rings (SSSR count). The Labute approximate surface area is 231 Å². The van der Waals surface area contributed by atoms with Gasteiger partial charge in [0.1, 0.15) is 35.7 Å². The lowest BCUT2D eigenvalue weighted by atomic mass is 9.96. The first-order chi connectivity index (χ1) is 18.8. The molecule has 2 aromatic heterocycles. The van der Waals surface area contributed by atoms with Crippen LogP contribution in [0.3, 0.4) is 0 Å². The van der Waals surface area contributed by atoms with Gasteiger partial charge in [-0.05, 0) is 41.5 Å². The standard InChI is InChI=1S/C23H37N6O10P/c1-8-36-20(31)12(3)27-40(34,28-13(4)21(32)37-9-2)38-10-15-17(30)23(6,33)22(39-15)29-11-24-16-18(29)25-14(5)26-19(16)35-7/h11-13,15,17,22,30,33H,8-10H2,1-7H3,(H2,27,28,34)/t12-,13+,15-,17?,22-,23+,40?/m1/s1. The average Bonchev–Trinajstić information content (AvgIpc) is 3.40. The zero-order valence-corrected chi connectivity index (χ0v) is 24.4. The number of hydrogen-bond acceptors (Lipinski definition) is 13. The van der Waals surface area contributed by atoms with E-state index < -0.39 is 62.3 Å². The van der Waals surface area contributed by atoms with Gasteiger partial charge < -0.3 is 33.7 Å². The number of carbonyl (C=O) groups is 2. The maximum absolute atomic E-state index is 13.8. The molecule has 0 bridgehead atoms. The molecule has 1 aliphatic heterocycles. The summed E-state index contributed by atoms with van der Waals surface area (Å²) >= 11 is 0. The summed E-state index contributed by atoms with van der Waals surface area (Å²) in [6.45, 7) is 8.77. The van der Waals surface area contributed by atoms with Gasteiger partial charge in [-0.2, -0.15) is 4.98 Å². The van der Waals surface area contributed by atoms with Gasteiger partial charge in [-0.15, -0.1) is 0 Å². The summed E-state index contributed by atoms with van der Waals surface area (Å²) < 4.78 is 42.0. The third kappa shape index (κ3) is 6.77. The van der Waals surface area contributed by atoms with Crippen molar-refractivity contribution in [3.63, 3.8) is 0 Å². The second kappa shape index (κ2) is 12.9. The van der Waals surface area contributed by atoms with E-state index in [1.165, 1.54) is 38.8 Å². The molecule has 3 heterocycles. The van der Waals surface area contributed by atoms with E-state index in [0.717, 1.165) is 0 Å². The molecule has 1 aliphatic rings. The number of ether oxygens (including phenoxy) is 4. The van der Waals surface area contributed by atoms with Crippen molar-refractivity contribution in [2.75, 3.05) is 26.9 Å². The number of aliphatic hydroxyl groups excluding tert-OH is 1. The highest BCUT2D eigenvalue weighted by Crippen LogP contribution is 2.44. The van der Waals surface area contributed by atoms with Crippen LogP contribution in [-0.4, -0.2) is 98.5 Å². The van der Waals surface area contributed by atoms with E-state index in [0.29, 0.717) is 17.0 Å². The molecule has 2 aromatic rings. The van der Waals surface area contributed by atoms with Crippen LogP contribution in [0.5, 0.6) is 5.88 Å². The number of rotatable bonds is 13. The summed E-state index contributed by atoms with van der Waals surface area (Å²) in [5.41, 5.74) is -1.25. The molecule has 0 aliphatic carbocycles. The number of nitrogens with one attached hydrogen (secondary N) is 2. The molecular weight excluding hydrogens is 551 g/mol. The van der Waals surface area contributed by atoms with Crippen molar-refractivity contribution < 1.29 is 47.8 Å². The monoisotopic (exact) mass is 588 g/mol. The number of methoxy groups -OCH3 is 1. The van der Waals surface area contributed by atoms with Crippen molar-refractivity contribution in [3.8, 4) is 5.88 Å². The lowest BCUT2D eigenvalue weighted by molar-refractivity contribution is -0.145. The number of aliphatic hydroxyl groups is 2. The summed E-state index contributed by atoms with van der Waals surface area (Å²) in [6, 6.07) is -2.18. The summed E-state index contributed by atoms with van der Waals surface area (Å²) in [5, 5.41) is 27.3. The maximum Gasteiger partial charge on any atom is 0.342 e. The van der Waals surface area contributed by atoms with Crippen molar-refractivity contribution in [1.29, 1.82) is 0 Å². The molecule has 224 valence electrons. The molecule has 2 unspecified atom stereocenters. The van der Waals surface area contributed by atoms with E-state index in [9.17, 15) is 24.4 Å². The first kappa shape index (κ1) is 31.8. The average molecular weight is 589 g/mol. The molecule has 16 nitrogen and oxygen atoms in total. The molecule has 0 radical (unpaired) electrons. The molecule has 7 atom stereocenters. The predicted octanol–water partition coefficient (Wildman–Crippen LogP) is 0.360. The Morgan fingerprint density at radius 2 is 1.75 bits per heavy atom. The van der Waals surface area contributed by atoms with Crippen molar-refractivity contribution >= 4 is 30.8 Å². The van der Waals surface area contributed by atoms with Gasteiger partial charge in [0.05, 0.1) is 33.3 Å². The van der Waals surface area contributed by atoms with E-state index in [4.69, 9.17) is 23.5 Å². The first-order valence-corrected chi connectivity index (χ1v) is 14.3. The fourth-order valence-electron chi connectivity index (χ4n) is 4.13. The van der Waals surface area contributed by atoms with Crippen LogP contribution < -0.4 is 14.9 Å². The largest absolute Gasteiger partial charge is 0.479 e. The van der Waals surface area contributed by atoms with E-state index in [-0.39, 0.29) is 19.1 Å². The van der Waals surface area contributed by atoms with E-state index in [1.807, 2.05) is 0 Å². The molecule has 0 spiro atoms. The van der Waals surface area contributed by atoms with Gasteiger partial charge in [-0.3, -0.25) is 18.7 Å². The van der Waals surface area contributed by atoms with E-state index in [1.54, 1.807) is 20.8 Å². The highest BCUT2D eigenvalue weighted by atomic mass is 31.2. The summed E-state index contributed by atoms with van der Waals surface area (Å²) in [5.74, 6) is -0.786. The van der Waals surface area contributed by atoms with Crippen molar-refractivity contribution in [3.05, 3.63) is 12.2 Å². The van der Waals surface area contributed by atoms with Gasteiger partial charge in [-0.25, -0.2) is 20.1 Å².